The number of hydrogen-bond acceptors (Lipinski definition) is 3. The lowest BCUT2D eigenvalue weighted by Crippen LogP contribution is -2.02. The summed E-state index contributed by atoms with van der Waals surface area (Å²) in [6.45, 7) is 0. The molecule has 4 nitrogen and oxygen atoms in total. The Kier molecular flexibility index (Phi) is 2.33. The second-order valence-corrected chi connectivity index (χ2v) is 3.19. The number of methoxy groups -OCH3 is 1. The highest BCUT2D eigenvalue weighted by atomic mass is 16.5. The zero-order chi connectivity index (χ0) is 10.8. The van der Waals surface area contributed by atoms with Crippen molar-refractivity contribution in [1.82, 2.24) is 0 Å². The van der Waals surface area contributed by atoms with E-state index in [4.69, 9.17) is 14.3 Å². The lowest BCUT2D eigenvalue weighted by atomic mass is 10.1. The van der Waals surface area contributed by atoms with Crippen LogP contribution in [0.25, 0.3) is 11.0 Å². The number of ether oxygens (including phenoxy) is 1. The Morgan fingerprint density at radius 1 is 1.53 bits per heavy atom. The van der Waals surface area contributed by atoms with Crippen LogP contribution in [0.15, 0.2) is 28.9 Å². The second kappa shape index (κ2) is 3.65. The average molecular weight is 206 g/mol. The summed E-state index contributed by atoms with van der Waals surface area (Å²) in [5.41, 5.74) is 1.29. The first-order valence-corrected chi connectivity index (χ1v) is 4.46. The Morgan fingerprint density at radius 3 is 3.00 bits per heavy atom. The van der Waals surface area contributed by atoms with Crippen LogP contribution in [0.5, 0.6) is 5.75 Å². The van der Waals surface area contributed by atoms with E-state index in [1.165, 1.54) is 7.11 Å². The van der Waals surface area contributed by atoms with Gasteiger partial charge in [0.15, 0.2) is 0 Å². The van der Waals surface area contributed by atoms with Gasteiger partial charge in [-0.25, -0.2) is 0 Å². The number of hydrogen-bond donors (Lipinski definition) is 1. The summed E-state index contributed by atoms with van der Waals surface area (Å²) in [4.78, 5) is 10.6. The van der Waals surface area contributed by atoms with Gasteiger partial charge in [-0.2, -0.15) is 0 Å². The molecule has 0 radical (unpaired) electrons. The molecule has 2 rings (SSSR count). The molecule has 0 saturated heterocycles. The molecule has 4 heteroatoms. The Hall–Kier alpha value is -1.97. The average Bonchev–Trinajstić information content (AvgIpc) is 2.62. The molecule has 0 atom stereocenters. The lowest BCUT2D eigenvalue weighted by Gasteiger charge is -2.05. The summed E-state index contributed by atoms with van der Waals surface area (Å²) in [6, 6.07) is 5.28. The quantitative estimate of drug-likeness (QED) is 0.835. The molecule has 2 aromatic rings. The molecule has 0 aliphatic rings. The zero-order valence-electron chi connectivity index (χ0n) is 8.19. The van der Waals surface area contributed by atoms with Crippen LogP contribution < -0.4 is 4.74 Å². The van der Waals surface area contributed by atoms with Gasteiger partial charge in [-0.3, -0.25) is 4.79 Å². The summed E-state index contributed by atoms with van der Waals surface area (Å²) in [5.74, 6) is -0.314. The first kappa shape index (κ1) is 9.58. The van der Waals surface area contributed by atoms with Gasteiger partial charge >= 0.3 is 5.97 Å². The van der Waals surface area contributed by atoms with Crippen molar-refractivity contribution in [2.75, 3.05) is 7.11 Å². The number of carboxylic acid groups (broad SMARTS) is 1. The zero-order valence-corrected chi connectivity index (χ0v) is 8.19. The maximum atomic E-state index is 10.6. The van der Waals surface area contributed by atoms with E-state index < -0.39 is 5.97 Å². The van der Waals surface area contributed by atoms with Crippen molar-refractivity contribution in [1.29, 1.82) is 0 Å². The summed E-state index contributed by atoms with van der Waals surface area (Å²) in [5, 5.41) is 9.63. The third-order valence-corrected chi connectivity index (χ3v) is 2.20. The van der Waals surface area contributed by atoms with Crippen LogP contribution in [0.2, 0.25) is 0 Å². The number of aliphatic carboxylic acids is 1. The fourth-order valence-corrected chi connectivity index (χ4v) is 1.52. The topological polar surface area (TPSA) is 59.7 Å². The van der Waals surface area contributed by atoms with Crippen LogP contribution in [-0.4, -0.2) is 18.2 Å². The van der Waals surface area contributed by atoms with Crippen molar-refractivity contribution in [2.45, 2.75) is 6.42 Å². The SMILES string of the molecule is COc1cc2ccoc2cc1CC(=O)O. The highest BCUT2D eigenvalue weighted by Crippen LogP contribution is 2.26. The smallest absolute Gasteiger partial charge is 0.307 e. The molecule has 0 amide bonds. The summed E-state index contributed by atoms with van der Waals surface area (Å²) < 4.78 is 10.3. The van der Waals surface area contributed by atoms with Crippen molar-refractivity contribution >= 4 is 16.9 Å². The lowest BCUT2D eigenvalue weighted by molar-refractivity contribution is -0.136. The molecule has 0 aliphatic heterocycles. The van der Waals surface area contributed by atoms with Gasteiger partial charge in [0.1, 0.15) is 11.3 Å². The van der Waals surface area contributed by atoms with Gasteiger partial charge in [-0.05, 0) is 18.2 Å². The van der Waals surface area contributed by atoms with E-state index in [1.807, 2.05) is 6.07 Å². The molecular weight excluding hydrogens is 196 g/mol. The van der Waals surface area contributed by atoms with Crippen molar-refractivity contribution in [2.24, 2.45) is 0 Å². The largest absolute Gasteiger partial charge is 0.496 e. The number of furan rings is 1. The van der Waals surface area contributed by atoms with E-state index >= 15 is 0 Å². The van der Waals surface area contributed by atoms with Gasteiger partial charge in [0.2, 0.25) is 0 Å². The minimum absolute atomic E-state index is 0.0696. The number of carboxylic acids is 1. The number of carbonyl (C=O) groups is 1. The van der Waals surface area contributed by atoms with E-state index in [0.717, 1.165) is 5.39 Å². The third kappa shape index (κ3) is 1.79. The van der Waals surface area contributed by atoms with Gasteiger partial charge in [0.05, 0.1) is 19.8 Å². The van der Waals surface area contributed by atoms with Gasteiger partial charge < -0.3 is 14.3 Å². The van der Waals surface area contributed by atoms with E-state index in [-0.39, 0.29) is 6.42 Å². The highest BCUT2D eigenvalue weighted by Gasteiger charge is 2.10. The van der Waals surface area contributed by atoms with Crippen LogP contribution in [0.4, 0.5) is 0 Å². The first-order chi connectivity index (χ1) is 7.20. The third-order valence-electron chi connectivity index (χ3n) is 2.20. The van der Waals surface area contributed by atoms with Crippen LogP contribution in [0.1, 0.15) is 5.56 Å². The molecule has 0 fully saturated rings. The van der Waals surface area contributed by atoms with E-state index in [0.29, 0.717) is 16.9 Å². The molecule has 1 N–H and O–H groups in total. The molecule has 1 heterocycles. The minimum Gasteiger partial charge on any atom is -0.496 e. The van der Waals surface area contributed by atoms with Crippen molar-refractivity contribution in [3.05, 3.63) is 30.0 Å². The van der Waals surface area contributed by atoms with Crippen LogP contribution in [0, 0.1) is 0 Å². The normalized spacial score (nSPS) is 10.5. The summed E-state index contributed by atoms with van der Waals surface area (Å²) >= 11 is 0. The number of rotatable bonds is 3. The van der Waals surface area contributed by atoms with E-state index in [1.54, 1.807) is 18.4 Å². The Bertz CT molecular complexity index is 498. The molecule has 0 saturated carbocycles. The molecule has 0 unspecified atom stereocenters. The Balaban J connectivity index is 2.54. The highest BCUT2D eigenvalue weighted by molar-refractivity contribution is 5.82. The predicted octanol–water partition coefficient (Wildman–Crippen LogP) is 2.07. The van der Waals surface area contributed by atoms with Crippen molar-refractivity contribution in [3.8, 4) is 5.75 Å². The monoisotopic (exact) mass is 206 g/mol. The van der Waals surface area contributed by atoms with Gasteiger partial charge in [-0.1, -0.05) is 0 Å². The van der Waals surface area contributed by atoms with Crippen molar-refractivity contribution < 1.29 is 19.1 Å². The maximum absolute atomic E-state index is 10.6. The molecule has 78 valence electrons. The molecule has 1 aromatic carbocycles. The van der Waals surface area contributed by atoms with Crippen molar-refractivity contribution in [3.63, 3.8) is 0 Å². The first-order valence-electron chi connectivity index (χ1n) is 4.46. The molecule has 0 bridgehead atoms. The van der Waals surface area contributed by atoms with Gasteiger partial charge in [0, 0.05) is 10.9 Å². The summed E-state index contributed by atoms with van der Waals surface area (Å²) in [6.07, 6.45) is 1.49. The number of benzene rings is 1. The maximum Gasteiger partial charge on any atom is 0.307 e. The molecule has 0 spiro atoms. The van der Waals surface area contributed by atoms with Crippen LogP contribution in [0.3, 0.4) is 0 Å². The molecule has 0 aliphatic carbocycles. The van der Waals surface area contributed by atoms with E-state index in [2.05, 4.69) is 0 Å². The standard InChI is InChI=1S/C11H10O4/c1-14-9-4-7-2-3-15-10(7)5-8(9)6-11(12)13/h2-5H,6H2,1H3,(H,12,13). The summed E-state index contributed by atoms with van der Waals surface area (Å²) in [7, 11) is 1.52. The minimum atomic E-state index is -0.890. The Morgan fingerprint density at radius 2 is 2.33 bits per heavy atom. The molecule has 15 heavy (non-hydrogen) atoms. The molecular formula is C11H10O4. The van der Waals surface area contributed by atoms with Crippen LogP contribution >= 0.6 is 0 Å². The van der Waals surface area contributed by atoms with Crippen LogP contribution in [-0.2, 0) is 11.2 Å². The second-order valence-electron chi connectivity index (χ2n) is 3.19. The van der Waals surface area contributed by atoms with Gasteiger partial charge in [-0.15, -0.1) is 0 Å². The Labute approximate surface area is 86.1 Å². The van der Waals surface area contributed by atoms with E-state index in [9.17, 15) is 4.79 Å². The fourth-order valence-electron chi connectivity index (χ4n) is 1.52. The number of fused-ring (bicyclic) bond motifs is 1. The fraction of sp³-hybridized carbons (Fsp3) is 0.182. The molecule has 1 aromatic heterocycles. The predicted molar refractivity (Wildman–Crippen MR) is 54.1 cm³/mol. The van der Waals surface area contributed by atoms with Gasteiger partial charge in [0.25, 0.3) is 0 Å².